The maximum absolute atomic E-state index is 6.18. The number of hydrogen-bond acceptors (Lipinski definition) is 2. The molecule has 1 heterocycles. The number of nitrogens with two attached hydrogens (primary N) is 1. The number of anilines is 1. The zero-order valence-corrected chi connectivity index (χ0v) is 12.0. The van der Waals surface area contributed by atoms with Gasteiger partial charge in [-0.15, -0.1) is 0 Å². The molecular formula is C14H19BrN2. The van der Waals surface area contributed by atoms with Crippen LogP contribution in [0, 0.1) is 5.92 Å². The van der Waals surface area contributed by atoms with Crippen molar-refractivity contribution in [3.63, 3.8) is 0 Å². The molecule has 1 saturated carbocycles. The first-order valence-corrected chi connectivity index (χ1v) is 7.13. The number of rotatable bonds is 2. The van der Waals surface area contributed by atoms with Crippen molar-refractivity contribution < 1.29 is 0 Å². The lowest BCUT2D eigenvalue weighted by molar-refractivity contribution is 0.589. The van der Waals surface area contributed by atoms with Crippen LogP contribution < -0.4 is 10.6 Å². The van der Waals surface area contributed by atoms with Gasteiger partial charge in [-0.2, -0.15) is 0 Å². The SMILES string of the molecule is CC(C)CN1CC2(CC2N)c2cc(Br)ccc21. The largest absolute Gasteiger partial charge is 0.370 e. The second-order valence-corrected chi connectivity index (χ2v) is 6.82. The van der Waals surface area contributed by atoms with Crippen molar-refractivity contribution in [2.24, 2.45) is 11.7 Å². The highest BCUT2D eigenvalue weighted by Crippen LogP contribution is 2.56. The average molecular weight is 295 g/mol. The molecule has 1 aliphatic carbocycles. The van der Waals surface area contributed by atoms with E-state index in [2.05, 4.69) is 52.9 Å². The van der Waals surface area contributed by atoms with Gasteiger partial charge >= 0.3 is 0 Å². The van der Waals surface area contributed by atoms with Crippen LogP contribution >= 0.6 is 15.9 Å². The second kappa shape index (κ2) is 3.72. The Labute approximate surface area is 111 Å². The highest BCUT2D eigenvalue weighted by atomic mass is 79.9. The lowest BCUT2D eigenvalue weighted by Crippen LogP contribution is -2.30. The smallest absolute Gasteiger partial charge is 0.0406 e. The number of benzene rings is 1. The van der Waals surface area contributed by atoms with Gasteiger partial charge < -0.3 is 10.6 Å². The molecule has 1 aromatic carbocycles. The summed E-state index contributed by atoms with van der Waals surface area (Å²) in [4.78, 5) is 2.51. The van der Waals surface area contributed by atoms with E-state index in [1.54, 1.807) is 0 Å². The maximum atomic E-state index is 6.18. The van der Waals surface area contributed by atoms with E-state index in [0.717, 1.165) is 19.5 Å². The van der Waals surface area contributed by atoms with E-state index < -0.39 is 0 Å². The van der Waals surface area contributed by atoms with E-state index in [1.807, 2.05) is 0 Å². The Kier molecular flexibility index (Phi) is 2.53. The Balaban J connectivity index is 2.00. The van der Waals surface area contributed by atoms with E-state index in [1.165, 1.54) is 15.7 Å². The van der Waals surface area contributed by atoms with Crippen molar-refractivity contribution in [2.75, 3.05) is 18.0 Å². The fourth-order valence-corrected chi connectivity index (χ4v) is 3.48. The molecule has 0 aromatic heterocycles. The minimum atomic E-state index is 0.258. The van der Waals surface area contributed by atoms with Crippen molar-refractivity contribution >= 4 is 21.6 Å². The average Bonchev–Trinajstić information content (AvgIpc) is 2.78. The van der Waals surface area contributed by atoms with Crippen LogP contribution in [-0.4, -0.2) is 19.1 Å². The van der Waals surface area contributed by atoms with Crippen LogP contribution in [-0.2, 0) is 5.41 Å². The molecule has 3 heteroatoms. The van der Waals surface area contributed by atoms with Gasteiger partial charge in [-0.25, -0.2) is 0 Å². The molecule has 1 spiro atoms. The number of hydrogen-bond donors (Lipinski definition) is 1. The molecule has 1 fully saturated rings. The van der Waals surface area contributed by atoms with Crippen LogP contribution in [0.5, 0.6) is 0 Å². The fourth-order valence-electron chi connectivity index (χ4n) is 3.12. The Morgan fingerprint density at radius 1 is 1.53 bits per heavy atom. The highest BCUT2D eigenvalue weighted by Gasteiger charge is 2.58. The predicted octanol–water partition coefficient (Wildman–Crippen LogP) is 2.89. The van der Waals surface area contributed by atoms with Gasteiger partial charge in [0.25, 0.3) is 0 Å². The topological polar surface area (TPSA) is 29.3 Å². The lowest BCUT2D eigenvalue weighted by atomic mass is 9.98. The molecule has 1 aromatic rings. The van der Waals surface area contributed by atoms with Crippen molar-refractivity contribution in [1.82, 2.24) is 0 Å². The monoisotopic (exact) mass is 294 g/mol. The predicted molar refractivity (Wildman–Crippen MR) is 75.5 cm³/mol. The van der Waals surface area contributed by atoms with Crippen molar-refractivity contribution in [2.45, 2.75) is 31.7 Å². The van der Waals surface area contributed by atoms with E-state index in [4.69, 9.17) is 5.73 Å². The van der Waals surface area contributed by atoms with Crippen LogP contribution in [0.2, 0.25) is 0 Å². The Bertz CT molecular complexity index is 458. The minimum Gasteiger partial charge on any atom is -0.370 e. The summed E-state index contributed by atoms with van der Waals surface area (Å²) in [5.41, 5.74) is 9.29. The molecule has 17 heavy (non-hydrogen) atoms. The van der Waals surface area contributed by atoms with Gasteiger partial charge in [0, 0.05) is 34.7 Å². The summed E-state index contributed by atoms with van der Waals surface area (Å²) in [6.45, 7) is 6.79. The van der Waals surface area contributed by atoms with Gasteiger partial charge in [-0.1, -0.05) is 29.8 Å². The third-order valence-corrected chi connectivity index (χ3v) is 4.52. The number of fused-ring (bicyclic) bond motifs is 2. The third kappa shape index (κ3) is 1.71. The molecule has 0 amide bonds. The van der Waals surface area contributed by atoms with Gasteiger partial charge in [0.1, 0.15) is 0 Å². The molecule has 3 rings (SSSR count). The standard InChI is InChI=1S/C14H19BrN2/c1-9(2)7-17-8-14(6-13(14)16)11-5-10(15)3-4-12(11)17/h3-5,9,13H,6-8,16H2,1-2H3. The molecule has 0 radical (unpaired) electrons. The van der Waals surface area contributed by atoms with Crippen molar-refractivity contribution in [3.8, 4) is 0 Å². The second-order valence-electron chi connectivity index (χ2n) is 5.90. The molecule has 2 N–H and O–H groups in total. The van der Waals surface area contributed by atoms with Gasteiger partial charge in [0.2, 0.25) is 0 Å². The summed E-state index contributed by atoms with van der Waals surface area (Å²) < 4.78 is 1.17. The van der Waals surface area contributed by atoms with Crippen LogP contribution in [0.1, 0.15) is 25.8 Å². The first-order chi connectivity index (χ1) is 8.03. The lowest BCUT2D eigenvalue weighted by Gasteiger charge is -2.22. The zero-order chi connectivity index (χ0) is 12.2. The molecule has 2 aliphatic rings. The molecule has 2 unspecified atom stereocenters. The van der Waals surface area contributed by atoms with Crippen molar-refractivity contribution in [1.29, 1.82) is 0 Å². The van der Waals surface area contributed by atoms with E-state index in [0.29, 0.717) is 12.0 Å². The molecule has 0 bridgehead atoms. The molecular weight excluding hydrogens is 276 g/mol. The summed E-state index contributed by atoms with van der Waals surface area (Å²) in [7, 11) is 0. The quantitative estimate of drug-likeness (QED) is 0.909. The van der Waals surface area contributed by atoms with Gasteiger partial charge in [0.15, 0.2) is 0 Å². The Morgan fingerprint density at radius 2 is 2.24 bits per heavy atom. The Hall–Kier alpha value is -0.540. The minimum absolute atomic E-state index is 0.258. The fraction of sp³-hybridized carbons (Fsp3) is 0.571. The van der Waals surface area contributed by atoms with E-state index in [-0.39, 0.29) is 5.41 Å². The summed E-state index contributed by atoms with van der Waals surface area (Å²) in [6.07, 6.45) is 1.14. The van der Waals surface area contributed by atoms with Crippen LogP contribution in [0.3, 0.4) is 0 Å². The Morgan fingerprint density at radius 3 is 2.82 bits per heavy atom. The van der Waals surface area contributed by atoms with E-state index in [9.17, 15) is 0 Å². The zero-order valence-electron chi connectivity index (χ0n) is 10.4. The molecule has 92 valence electrons. The third-order valence-electron chi connectivity index (χ3n) is 4.03. The summed E-state index contributed by atoms with van der Waals surface area (Å²) in [5.74, 6) is 0.691. The normalized spacial score (nSPS) is 30.2. The van der Waals surface area contributed by atoms with Crippen LogP contribution in [0.4, 0.5) is 5.69 Å². The first-order valence-electron chi connectivity index (χ1n) is 6.33. The summed E-state index contributed by atoms with van der Waals surface area (Å²) >= 11 is 3.58. The molecule has 2 atom stereocenters. The summed E-state index contributed by atoms with van der Waals surface area (Å²) in [6, 6.07) is 7.00. The van der Waals surface area contributed by atoms with Crippen LogP contribution in [0.15, 0.2) is 22.7 Å². The van der Waals surface area contributed by atoms with E-state index >= 15 is 0 Å². The first kappa shape index (κ1) is 11.5. The number of nitrogens with zero attached hydrogens (tertiary/aromatic N) is 1. The summed E-state index contributed by atoms with van der Waals surface area (Å²) in [5, 5.41) is 0. The van der Waals surface area contributed by atoms with Gasteiger partial charge in [-0.05, 0) is 36.1 Å². The maximum Gasteiger partial charge on any atom is 0.0406 e. The molecule has 2 nitrogen and oxygen atoms in total. The highest BCUT2D eigenvalue weighted by molar-refractivity contribution is 9.10. The number of halogens is 1. The van der Waals surface area contributed by atoms with Crippen molar-refractivity contribution in [3.05, 3.63) is 28.2 Å². The molecule has 0 saturated heterocycles. The van der Waals surface area contributed by atoms with Gasteiger partial charge in [-0.3, -0.25) is 0 Å². The van der Waals surface area contributed by atoms with Crippen LogP contribution in [0.25, 0.3) is 0 Å². The van der Waals surface area contributed by atoms with Gasteiger partial charge in [0.05, 0.1) is 0 Å². The molecule has 1 aliphatic heterocycles.